The maximum absolute atomic E-state index is 5.66. The Morgan fingerprint density at radius 2 is 2.50 bits per heavy atom. The van der Waals surface area contributed by atoms with Crippen LogP contribution < -0.4 is 0 Å². The van der Waals surface area contributed by atoms with Gasteiger partial charge in [0.05, 0.1) is 6.20 Å². The molecule has 1 aromatic rings. The van der Waals surface area contributed by atoms with Gasteiger partial charge in [0.15, 0.2) is 0 Å². The molecule has 1 saturated heterocycles. The van der Waals surface area contributed by atoms with Crippen LogP contribution in [-0.4, -0.2) is 22.3 Å². The molecule has 1 unspecified atom stereocenters. The molecule has 1 atom stereocenters. The largest absolute Gasteiger partial charge is 0.357 e. The number of hydrogen-bond acceptors (Lipinski definition) is 2. The molecule has 0 radical (unpaired) electrons. The van der Waals surface area contributed by atoms with Gasteiger partial charge in [0.1, 0.15) is 6.23 Å². The number of ether oxygens (including phenoxy) is 1. The average molecular weight is 215 g/mol. The summed E-state index contributed by atoms with van der Waals surface area (Å²) in [4.78, 5) is 0. The van der Waals surface area contributed by atoms with E-state index >= 15 is 0 Å². The Kier molecular flexibility index (Phi) is 3.43. The number of hydrogen-bond donors (Lipinski definition) is 0. The lowest BCUT2D eigenvalue weighted by Gasteiger charge is -2.22. The van der Waals surface area contributed by atoms with Gasteiger partial charge >= 0.3 is 0 Å². The van der Waals surface area contributed by atoms with Gasteiger partial charge in [0.25, 0.3) is 0 Å². The normalized spacial score (nSPS) is 22.5. The second kappa shape index (κ2) is 4.80. The van der Waals surface area contributed by atoms with Gasteiger partial charge in [0.2, 0.25) is 0 Å². The van der Waals surface area contributed by atoms with Gasteiger partial charge in [-0.15, -0.1) is 11.6 Å². The summed E-state index contributed by atoms with van der Waals surface area (Å²) in [7, 11) is 0. The van der Waals surface area contributed by atoms with Crippen molar-refractivity contribution in [1.29, 1.82) is 0 Å². The maximum Gasteiger partial charge on any atom is 0.150 e. The van der Waals surface area contributed by atoms with Crippen molar-refractivity contribution in [1.82, 2.24) is 9.78 Å². The number of aromatic nitrogens is 2. The SMILES string of the molecule is ClCCc1cnn(C2CCCCO2)c1. The lowest BCUT2D eigenvalue weighted by Crippen LogP contribution is -2.18. The number of rotatable bonds is 3. The van der Waals surface area contributed by atoms with E-state index in [1.54, 1.807) is 0 Å². The van der Waals surface area contributed by atoms with Crippen LogP contribution in [0.3, 0.4) is 0 Å². The summed E-state index contributed by atoms with van der Waals surface area (Å²) in [6, 6.07) is 0. The van der Waals surface area contributed by atoms with Gasteiger partial charge in [-0.25, -0.2) is 4.68 Å². The van der Waals surface area contributed by atoms with Gasteiger partial charge in [-0.2, -0.15) is 5.10 Å². The molecule has 0 spiro atoms. The summed E-state index contributed by atoms with van der Waals surface area (Å²) in [5.74, 6) is 0.650. The number of halogens is 1. The lowest BCUT2D eigenvalue weighted by atomic mass is 10.2. The van der Waals surface area contributed by atoms with Crippen LogP contribution in [0.1, 0.15) is 31.1 Å². The molecule has 1 fully saturated rings. The van der Waals surface area contributed by atoms with Gasteiger partial charge < -0.3 is 4.74 Å². The van der Waals surface area contributed by atoms with Gasteiger partial charge in [-0.1, -0.05) is 0 Å². The van der Waals surface area contributed by atoms with E-state index in [2.05, 4.69) is 5.10 Å². The molecule has 2 heterocycles. The Balaban J connectivity index is 2.00. The van der Waals surface area contributed by atoms with Gasteiger partial charge in [-0.3, -0.25) is 0 Å². The Hall–Kier alpha value is -0.540. The molecule has 3 nitrogen and oxygen atoms in total. The second-order valence-electron chi connectivity index (χ2n) is 3.59. The summed E-state index contributed by atoms with van der Waals surface area (Å²) in [6.45, 7) is 0.857. The number of aryl methyl sites for hydroxylation is 1. The predicted molar refractivity (Wildman–Crippen MR) is 55.5 cm³/mol. The van der Waals surface area contributed by atoms with Crippen molar-refractivity contribution in [2.24, 2.45) is 0 Å². The van der Waals surface area contributed by atoms with Crippen molar-refractivity contribution < 1.29 is 4.74 Å². The predicted octanol–water partition coefficient (Wildman–Crippen LogP) is 2.36. The standard InChI is InChI=1S/C10H15ClN2O/c11-5-4-9-7-12-13(8-9)10-3-1-2-6-14-10/h7-8,10H,1-6H2. The Bertz CT molecular complexity index is 281. The minimum atomic E-state index is 0.146. The molecule has 4 heteroatoms. The fourth-order valence-corrected chi connectivity index (χ4v) is 1.92. The monoisotopic (exact) mass is 214 g/mol. The third kappa shape index (κ3) is 2.28. The van der Waals surface area contributed by atoms with Crippen LogP contribution in [0, 0.1) is 0 Å². The van der Waals surface area contributed by atoms with Crippen molar-refractivity contribution in [3.8, 4) is 0 Å². The van der Waals surface area contributed by atoms with E-state index in [-0.39, 0.29) is 6.23 Å². The second-order valence-corrected chi connectivity index (χ2v) is 3.97. The van der Waals surface area contributed by atoms with E-state index in [4.69, 9.17) is 16.3 Å². The third-order valence-corrected chi connectivity index (χ3v) is 2.68. The van der Waals surface area contributed by atoms with Crippen LogP contribution >= 0.6 is 11.6 Å². The van der Waals surface area contributed by atoms with Crippen molar-refractivity contribution in [2.75, 3.05) is 12.5 Å². The molecule has 0 amide bonds. The summed E-state index contributed by atoms with van der Waals surface area (Å²) in [5, 5.41) is 4.29. The molecule has 1 aliphatic heterocycles. The summed E-state index contributed by atoms with van der Waals surface area (Å²) >= 11 is 5.66. The molecule has 0 saturated carbocycles. The van der Waals surface area contributed by atoms with Crippen molar-refractivity contribution in [2.45, 2.75) is 31.9 Å². The molecule has 1 aliphatic rings. The highest BCUT2D eigenvalue weighted by Crippen LogP contribution is 2.21. The molecule has 0 N–H and O–H groups in total. The maximum atomic E-state index is 5.66. The molecule has 0 aliphatic carbocycles. The van der Waals surface area contributed by atoms with E-state index in [9.17, 15) is 0 Å². The fraction of sp³-hybridized carbons (Fsp3) is 0.700. The Morgan fingerprint density at radius 1 is 1.57 bits per heavy atom. The minimum Gasteiger partial charge on any atom is -0.357 e. The summed E-state index contributed by atoms with van der Waals surface area (Å²) < 4.78 is 7.54. The third-order valence-electron chi connectivity index (χ3n) is 2.49. The van der Waals surface area contributed by atoms with Gasteiger partial charge in [0, 0.05) is 18.7 Å². The zero-order valence-corrected chi connectivity index (χ0v) is 8.91. The molecule has 2 rings (SSSR count). The first-order valence-corrected chi connectivity index (χ1v) is 5.64. The van der Waals surface area contributed by atoms with Crippen molar-refractivity contribution >= 4 is 11.6 Å². The van der Waals surface area contributed by atoms with E-state index in [1.807, 2.05) is 17.1 Å². The first kappa shape index (κ1) is 9.99. The summed E-state index contributed by atoms with van der Waals surface area (Å²) in [6.07, 6.45) is 8.42. The highest BCUT2D eigenvalue weighted by Gasteiger charge is 2.15. The van der Waals surface area contributed by atoms with Crippen LogP contribution in [0.15, 0.2) is 12.4 Å². The average Bonchev–Trinajstić information content (AvgIpc) is 2.68. The van der Waals surface area contributed by atoms with Gasteiger partial charge in [-0.05, 0) is 31.2 Å². The first-order valence-electron chi connectivity index (χ1n) is 5.11. The Labute approximate surface area is 89.0 Å². The van der Waals surface area contributed by atoms with E-state index in [0.717, 1.165) is 19.4 Å². The zero-order valence-electron chi connectivity index (χ0n) is 8.16. The lowest BCUT2D eigenvalue weighted by molar-refractivity contribution is -0.0395. The number of alkyl halides is 1. The topological polar surface area (TPSA) is 27.1 Å². The molecule has 14 heavy (non-hydrogen) atoms. The quantitative estimate of drug-likeness (QED) is 0.723. The molecule has 1 aromatic heterocycles. The van der Waals surface area contributed by atoms with E-state index in [1.165, 1.54) is 18.4 Å². The van der Waals surface area contributed by atoms with Crippen LogP contribution in [0.2, 0.25) is 0 Å². The highest BCUT2D eigenvalue weighted by molar-refractivity contribution is 6.17. The molecule has 0 aromatic carbocycles. The molecule has 78 valence electrons. The van der Waals surface area contributed by atoms with Crippen LogP contribution in [0.4, 0.5) is 0 Å². The van der Waals surface area contributed by atoms with Crippen LogP contribution in [0.5, 0.6) is 0 Å². The minimum absolute atomic E-state index is 0.146. The molecule has 0 bridgehead atoms. The van der Waals surface area contributed by atoms with E-state index < -0.39 is 0 Å². The van der Waals surface area contributed by atoms with Crippen LogP contribution in [0.25, 0.3) is 0 Å². The fourth-order valence-electron chi connectivity index (χ4n) is 1.71. The number of nitrogens with zero attached hydrogens (tertiary/aromatic N) is 2. The molecular formula is C10H15ClN2O. The van der Waals surface area contributed by atoms with Crippen molar-refractivity contribution in [3.63, 3.8) is 0 Å². The summed E-state index contributed by atoms with van der Waals surface area (Å²) in [5.41, 5.74) is 1.19. The highest BCUT2D eigenvalue weighted by atomic mass is 35.5. The van der Waals surface area contributed by atoms with Crippen molar-refractivity contribution in [3.05, 3.63) is 18.0 Å². The molecular weight excluding hydrogens is 200 g/mol. The van der Waals surface area contributed by atoms with E-state index in [0.29, 0.717) is 5.88 Å². The Morgan fingerprint density at radius 3 is 3.21 bits per heavy atom. The smallest absolute Gasteiger partial charge is 0.150 e. The zero-order chi connectivity index (χ0) is 9.80. The van der Waals surface area contributed by atoms with Crippen LogP contribution in [-0.2, 0) is 11.2 Å². The first-order chi connectivity index (χ1) is 6.90.